The quantitative estimate of drug-likeness (QED) is 0.634. The van der Waals surface area contributed by atoms with Gasteiger partial charge in [0.15, 0.2) is 0 Å². The van der Waals surface area contributed by atoms with Crippen LogP contribution in [0.1, 0.15) is 13.8 Å². The Morgan fingerprint density at radius 2 is 2.08 bits per heavy atom. The van der Waals surface area contributed by atoms with E-state index in [0.717, 1.165) is 18.8 Å². The van der Waals surface area contributed by atoms with Gasteiger partial charge in [0.05, 0.1) is 6.54 Å². The van der Waals surface area contributed by atoms with Crippen molar-refractivity contribution in [2.45, 2.75) is 13.8 Å². The standard InChI is InChI=1S/C9H18N2O/c1-8(2)11(6-5-10-4)7-9(3)12/h10H,1,5-7H2,2-4H3. The lowest BCUT2D eigenvalue weighted by Gasteiger charge is -2.22. The predicted molar refractivity (Wildman–Crippen MR) is 51.0 cm³/mol. The molecule has 0 heterocycles. The SMILES string of the molecule is C=C(C)N(CCNC)CC(C)=O. The number of hydrogen-bond donors (Lipinski definition) is 1. The van der Waals surface area contributed by atoms with Gasteiger partial charge in [-0.1, -0.05) is 6.58 Å². The van der Waals surface area contributed by atoms with Gasteiger partial charge in [0.1, 0.15) is 5.78 Å². The summed E-state index contributed by atoms with van der Waals surface area (Å²) in [6.45, 7) is 9.50. The Hall–Kier alpha value is -0.830. The van der Waals surface area contributed by atoms with Gasteiger partial charge in [-0.05, 0) is 20.9 Å². The van der Waals surface area contributed by atoms with E-state index in [4.69, 9.17) is 0 Å². The molecule has 3 nitrogen and oxygen atoms in total. The second kappa shape index (κ2) is 5.77. The summed E-state index contributed by atoms with van der Waals surface area (Å²) in [6.07, 6.45) is 0. The van der Waals surface area contributed by atoms with Crippen LogP contribution in [0, 0.1) is 0 Å². The van der Waals surface area contributed by atoms with Gasteiger partial charge in [0.25, 0.3) is 0 Å². The molecule has 0 aliphatic rings. The van der Waals surface area contributed by atoms with Gasteiger partial charge in [-0.2, -0.15) is 0 Å². The van der Waals surface area contributed by atoms with E-state index in [2.05, 4.69) is 11.9 Å². The maximum Gasteiger partial charge on any atom is 0.149 e. The highest BCUT2D eigenvalue weighted by molar-refractivity contribution is 5.77. The molecular weight excluding hydrogens is 152 g/mol. The van der Waals surface area contributed by atoms with Crippen molar-refractivity contribution in [1.82, 2.24) is 10.2 Å². The lowest BCUT2D eigenvalue weighted by atomic mass is 10.3. The number of Topliss-reactive ketones (excluding diaryl/α,β-unsaturated/α-hetero) is 1. The highest BCUT2D eigenvalue weighted by Gasteiger charge is 2.04. The van der Waals surface area contributed by atoms with Crippen molar-refractivity contribution in [2.24, 2.45) is 0 Å². The minimum Gasteiger partial charge on any atom is -0.367 e. The molecule has 0 unspecified atom stereocenters. The third-order valence-electron chi connectivity index (χ3n) is 1.59. The summed E-state index contributed by atoms with van der Waals surface area (Å²) in [4.78, 5) is 12.8. The maximum absolute atomic E-state index is 10.8. The second-order valence-electron chi connectivity index (χ2n) is 2.96. The summed E-state index contributed by atoms with van der Waals surface area (Å²) in [6, 6.07) is 0. The summed E-state index contributed by atoms with van der Waals surface area (Å²) >= 11 is 0. The summed E-state index contributed by atoms with van der Waals surface area (Å²) < 4.78 is 0. The highest BCUT2D eigenvalue weighted by atomic mass is 16.1. The Balaban J connectivity index is 3.87. The molecule has 0 aliphatic carbocycles. The van der Waals surface area contributed by atoms with Gasteiger partial charge >= 0.3 is 0 Å². The fraction of sp³-hybridized carbons (Fsp3) is 0.667. The van der Waals surface area contributed by atoms with Crippen molar-refractivity contribution in [3.63, 3.8) is 0 Å². The molecule has 0 saturated heterocycles. The molecular formula is C9H18N2O. The van der Waals surface area contributed by atoms with E-state index in [1.165, 1.54) is 0 Å². The molecule has 3 heteroatoms. The average molecular weight is 170 g/mol. The Morgan fingerprint density at radius 3 is 2.42 bits per heavy atom. The third-order valence-corrected chi connectivity index (χ3v) is 1.59. The molecule has 0 fully saturated rings. The molecule has 0 aromatic carbocycles. The molecule has 70 valence electrons. The van der Waals surface area contributed by atoms with E-state index in [1.54, 1.807) is 6.92 Å². The number of carbonyl (C=O) groups is 1. The van der Waals surface area contributed by atoms with Gasteiger partial charge < -0.3 is 10.2 Å². The molecule has 0 spiro atoms. The number of hydrogen-bond acceptors (Lipinski definition) is 3. The lowest BCUT2D eigenvalue weighted by Crippen LogP contribution is -2.32. The van der Waals surface area contributed by atoms with Crippen LogP contribution in [0.2, 0.25) is 0 Å². The normalized spacial score (nSPS) is 9.58. The van der Waals surface area contributed by atoms with Crippen LogP contribution >= 0.6 is 0 Å². The Bertz CT molecular complexity index is 166. The van der Waals surface area contributed by atoms with Gasteiger partial charge in [0, 0.05) is 18.8 Å². The minimum absolute atomic E-state index is 0.175. The number of carbonyl (C=O) groups excluding carboxylic acids is 1. The van der Waals surface area contributed by atoms with Crippen molar-refractivity contribution in [3.05, 3.63) is 12.3 Å². The summed E-state index contributed by atoms with van der Waals surface area (Å²) in [5, 5.41) is 3.03. The lowest BCUT2D eigenvalue weighted by molar-refractivity contribution is -0.117. The van der Waals surface area contributed by atoms with Gasteiger partial charge in [-0.15, -0.1) is 0 Å². The van der Waals surface area contributed by atoms with E-state index >= 15 is 0 Å². The fourth-order valence-electron chi connectivity index (χ4n) is 0.920. The van der Waals surface area contributed by atoms with Crippen LogP contribution in [0.4, 0.5) is 0 Å². The van der Waals surface area contributed by atoms with E-state index < -0.39 is 0 Å². The topological polar surface area (TPSA) is 32.3 Å². The fourth-order valence-corrected chi connectivity index (χ4v) is 0.920. The summed E-state index contributed by atoms with van der Waals surface area (Å²) in [5.41, 5.74) is 0.945. The molecule has 0 radical (unpaired) electrons. The Morgan fingerprint density at radius 1 is 1.50 bits per heavy atom. The zero-order chi connectivity index (χ0) is 9.56. The van der Waals surface area contributed by atoms with Crippen LogP contribution in [-0.4, -0.2) is 37.4 Å². The van der Waals surface area contributed by atoms with Crippen LogP contribution in [-0.2, 0) is 4.79 Å². The first-order valence-corrected chi connectivity index (χ1v) is 4.12. The van der Waals surface area contributed by atoms with Gasteiger partial charge in [-0.3, -0.25) is 4.79 Å². The summed E-state index contributed by atoms with van der Waals surface area (Å²) in [7, 11) is 1.89. The van der Waals surface area contributed by atoms with Gasteiger partial charge in [-0.25, -0.2) is 0 Å². The van der Waals surface area contributed by atoms with E-state index in [1.807, 2.05) is 18.9 Å². The first kappa shape index (κ1) is 11.2. The van der Waals surface area contributed by atoms with Crippen molar-refractivity contribution in [1.29, 1.82) is 0 Å². The zero-order valence-electron chi connectivity index (χ0n) is 8.18. The van der Waals surface area contributed by atoms with E-state index in [-0.39, 0.29) is 5.78 Å². The first-order valence-electron chi connectivity index (χ1n) is 4.12. The highest BCUT2D eigenvalue weighted by Crippen LogP contribution is 1.98. The largest absolute Gasteiger partial charge is 0.367 e. The Labute approximate surface area is 74.4 Å². The number of ketones is 1. The number of nitrogens with zero attached hydrogens (tertiary/aromatic N) is 1. The summed E-state index contributed by atoms with van der Waals surface area (Å²) in [5.74, 6) is 0.175. The van der Waals surface area contributed by atoms with Crippen LogP contribution in [0.5, 0.6) is 0 Å². The van der Waals surface area contributed by atoms with E-state index in [0.29, 0.717) is 6.54 Å². The van der Waals surface area contributed by atoms with Crippen molar-refractivity contribution < 1.29 is 4.79 Å². The number of likely N-dealkylation sites (N-methyl/N-ethyl adjacent to an activating group) is 1. The molecule has 0 atom stereocenters. The molecule has 12 heavy (non-hydrogen) atoms. The molecule has 0 saturated carbocycles. The predicted octanol–water partition coefficient (Wildman–Crippen LogP) is 0.630. The van der Waals surface area contributed by atoms with Crippen LogP contribution in [0.15, 0.2) is 12.3 Å². The van der Waals surface area contributed by atoms with E-state index in [9.17, 15) is 4.79 Å². The third kappa shape index (κ3) is 4.91. The number of nitrogens with one attached hydrogen (secondary N) is 1. The van der Waals surface area contributed by atoms with Crippen LogP contribution in [0.25, 0.3) is 0 Å². The van der Waals surface area contributed by atoms with Gasteiger partial charge in [0.2, 0.25) is 0 Å². The minimum atomic E-state index is 0.175. The number of allylic oxidation sites excluding steroid dienone is 1. The average Bonchev–Trinajstić information content (AvgIpc) is 1.96. The molecule has 0 aromatic rings. The molecule has 0 aromatic heterocycles. The number of rotatable bonds is 6. The zero-order valence-corrected chi connectivity index (χ0v) is 8.18. The van der Waals surface area contributed by atoms with Crippen molar-refractivity contribution in [3.8, 4) is 0 Å². The molecule has 0 rings (SSSR count). The second-order valence-corrected chi connectivity index (χ2v) is 2.96. The molecule has 0 aliphatic heterocycles. The Kier molecular flexibility index (Phi) is 5.37. The molecule has 0 amide bonds. The molecule has 0 bridgehead atoms. The van der Waals surface area contributed by atoms with Crippen molar-refractivity contribution >= 4 is 5.78 Å². The van der Waals surface area contributed by atoms with Crippen LogP contribution < -0.4 is 5.32 Å². The smallest absolute Gasteiger partial charge is 0.149 e. The van der Waals surface area contributed by atoms with Crippen molar-refractivity contribution in [2.75, 3.05) is 26.7 Å². The molecule has 1 N–H and O–H groups in total. The monoisotopic (exact) mass is 170 g/mol. The van der Waals surface area contributed by atoms with Crippen LogP contribution in [0.3, 0.4) is 0 Å². The maximum atomic E-state index is 10.8. The first-order chi connectivity index (χ1) is 5.57.